The summed E-state index contributed by atoms with van der Waals surface area (Å²) in [5, 5.41) is 3.48. The minimum atomic E-state index is 0.406. The molecule has 2 aromatic heterocycles. The van der Waals surface area contributed by atoms with Crippen LogP contribution in [0, 0.1) is 0 Å². The summed E-state index contributed by atoms with van der Waals surface area (Å²) in [5.74, 6) is 0.911. The summed E-state index contributed by atoms with van der Waals surface area (Å²) < 4.78 is 3.04. The van der Waals surface area contributed by atoms with E-state index in [1.54, 1.807) is 6.20 Å². The van der Waals surface area contributed by atoms with Crippen molar-refractivity contribution in [3.05, 3.63) is 41.0 Å². The second-order valence-corrected chi connectivity index (χ2v) is 5.09. The van der Waals surface area contributed by atoms with E-state index in [1.807, 2.05) is 24.7 Å². The summed E-state index contributed by atoms with van der Waals surface area (Å²) in [5.41, 5.74) is 1.19. The standard InChI is InChI=1S/C12H13BrN4/c13-9-3-4-12(16-6-9)17-8-14-7-11(17)10-2-1-5-15-10/h3-4,6-8,10,15H,1-2,5H2. The van der Waals surface area contributed by atoms with Gasteiger partial charge in [0.05, 0.1) is 11.9 Å². The Bertz CT molecular complexity index is 499. The number of halogens is 1. The molecule has 1 saturated heterocycles. The van der Waals surface area contributed by atoms with E-state index in [4.69, 9.17) is 0 Å². The van der Waals surface area contributed by atoms with Crippen molar-refractivity contribution >= 4 is 15.9 Å². The van der Waals surface area contributed by atoms with E-state index in [2.05, 4.69) is 35.8 Å². The average Bonchev–Trinajstić information content (AvgIpc) is 3.00. The zero-order chi connectivity index (χ0) is 11.7. The van der Waals surface area contributed by atoms with Gasteiger partial charge in [0.1, 0.15) is 12.1 Å². The van der Waals surface area contributed by atoms with Gasteiger partial charge in [0.25, 0.3) is 0 Å². The number of nitrogens with one attached hydrogen (secondary N) is 1. The van der Waals surface area contributed by atoms with Crippen molar-refractivity contribution in [2.24, 2.45) is 0 Å². The van der Waals surface area contributed by atoms with Gasteiger partial charge in [0, 0.05) is 16.7 Å². The van der Waals surface area contributed by atoms with Crippen molar-refractivity contribution in [2.45, 2.75) is 18.9 Å². The van der Waals surface area contributed by atoms with Crippen LogP contribution >= 0.6 is 15.9 Å². The maximum absolute atomic E-state index is 4.40. The van der Waals surface area contributed by atoms with Gasteiger partial charge in [0.2, 0.25) is 0 Å². The number of hydrogen-bond donors (Lipinski definition) is 1. The molecule has 1 fully saturated rings. The molecule has 1 atom stereocenters. The molecule has 0 radical (unpaired) electrons. The molecular formula is C12H13BrN4. The quantitative estimate of drug-likeness (QED) is 0.925. The highest BCUT2D eigenvalue weighted by atomic mass is 79.9. The normalized spacial score (nSPS) is 19.7. The SMILES string of the molecule is Brc1ccc(-n2cncc2C2CCCN2)nc1. The molecule has 2 aromatic rings. The average molecular weight is 293 g/mol. The zero-order valence-electron chi connectivity index (χ0n) is 9.31. The predicted molar refractivity (Wildman–Crippen MR) is 69.0 cm³/mol. The number of aromatic nitrogens is 3. The van der Waals surface area contributed by atoms with Crippen molar-refractivity contribution in [1.29, 1.82) is 0 Å². The summed E-state index contributed by atoms with van der Waals surface area (Å²) in [6, 6.07) is 4.39. The highest BCUT2D eigenvalue weighted by Crippen LogP contribution is 2.24. The molecule has 4 nitrogen and oxygen atoms in total. The van der Waals surface area contributed by atoms with E-state index in [0.29, 0.717) is 6.04 Å². The molecule has 3 heterocycles. The van der Waals surface area contributed by atoms with Gasteiger partial charge in [-0.05, 0) is 47.4 Å². The van der Waals surface area contributed by atoms with E-state index in [9.17, 15) is 0 Å². The first-order valence-corrected chi connectivity index (χ1v) is 6.51. The van der Waals surface area contributed by atoms with Crippen LogP contribution < -0.4 is 5.32 Å². The molecule has 1 aliphatic rings. The summed E-state index contributed by atoms with van der Waals surface area (Å²) >= 11 is 3.39. The maximum atomic E-state index is 4.40. The zero-order valence-corrected chi connectivity index (χ0v) is 10.9. The number of pyridine rings is 1. The lowest BCUT2D eigenvalue weighted by atomic mass is 10.2. The third-order valence-corrected chi connectivity index (χ3v) is 3.51. The van der Waals surface area contributed by atoms with Gasteiger partial charge in [-0.25, -0.2) is 9.97 Å². The topological polar surface area (TPSA) is 42.7 Å². The van der Waals surface area contributed by atoms with E-state index < -0.39 is 0 Å². The first-order chi connectivity index (χ1) is 8.34. The lowest BCUT2D eigenvalue weighted by Gasteiger charge is -2.13. The lowest BCUT2D eigenvalue weighted by Crippen LogP contribution is -2.16. The monoisotopic (exact) mass is 292 g/mol. The van der Waals surface area contributed by atoms with Gasteiger partial charge in [-0.1, -0.05) is 0 Å². The van der Waals surface area contributed by atoms with Gasteiger partial charge >= 0.3 is 0 Å². The fourth-order valence-electron chi connectivity index (χ4n) is 2.20. The second kappa shape index (κ2) is 4.58. The minimum absolute atomic E-state index is 0.406. The van der Waals surface area contributed by atoms with E-state index >= 15 is 0 Å². The van der Waals surface area contributed by atoms with E-state index in [0.717, 1.165) is 16.8 Å². The molecule has 0 amide bonds. The molecule has 88 valence electrons. The summed E-state index contributed by atoms with van der Waals surface area (Å²) in [6.07, 6.45) is 7.95. The molecule has 5 heteroatoms. The van der Waals surface area contributed by atoms with Crippen molar-refractivity contribution in [3.8, 4) is 5.82 Å². The van der Waals surface area contributed by atoms with Gasteiger partial charge in [-0.2, -0.15) is 0 Å². The van der Waals surface area contributed by atoms with Crippen molar-refractivity contribution in [3.63, 3.8) is 0 Å². The Labute approximate surface area is 108 Å². The Balaban J connectivity index is 1.97. The fraction of sp³-hybridized carbons (Fsp3) is 0.333. The van der Waals surface area contributed by atoms with Crippen LogP contribution in [0.1, 0.15) is 24.6 Å². The van der Waals surface area contributed by atoms with E-state index in [-0.39, 0.29) is 0 Å². The fourth-order valence-corrected chi connectivity index (χ4v) is 2.44. The molecular weight excluding hydrogens is 280 g/mol. The molecule has 1 aliphatic heterocycles. The number of rotatable bonds is 2. The third kappa shape index (κ3) is 2.12. The van der Waals surface area contributed by atoms with Crippen molar-refractivity contribution in [1.82, 2.24) is 19.9 Å². The molecule has 0 aliphatic carbocycles. The van der Waals surface area contributed by atoms with Crippen molar-refractivity contribution in [2.75, 3.05) is 6.54 Å². The Morgan fingerprint density at radius 2 is 2.29 bits per heavy atom. The van der Waals surface area contributed by atoms with Crippen LogP contribution in [0.5, 0.6) is 0 Å². The smallest absolute Gasteiger partial charge is 0.138 e. The third-order valence-electron chi connectivity index (χ3n) is 3.04. The Morgan fingerprint density at radius 1 is 1.35 bits per heavy atom. The molecule has 0 bridgehead atoms. The molecule has 0 aromatic carbocycles. The van der Waals surface area contributed by atoms with Gasteiger partial charge in [-0.15, -0.1) is 0 Å². The first kappa shape index (κ1) is 10.9. The molecule has 1 unspecified atom stereocenters. The second-order valence-electron chi connectivity index (χ2n) is 4.17. The van der Waals surface area contributed by atoms with Crippen LogP contribution in [0.2, 0.25) is 0 Å². The van der Waals surface area contributed by atoms with Crippen LogP contribution in [0.3, 0.4) is 0 Å². The van der Waals surface area contributed by atoms with E-state index in [1.165, 1.54) is 18.5 Å². The van der Waals surface area contributed by atoms with Crippen LogP contribution in [0.4, 0.5) is 0 Å². The van der Waals surface area contributed by atoms with Gasteiger partial charge < -0.3 is 5.32 Å². The van der Waals surface area contributed by atoms with Crippen molar-refractivity contribution < 1.29 is 0 Å². The van der Waals surface area contributed by atoms with Crippen LogP contribution in [0.15, 0.2) is 35.3 Å². The summed E-state index contributed by atoms with van der Waals surface area (Å²) in [4.78, 5) is 8.64. The Hall–Kier alpha value is -1.20. The van der Waals surface area contributed by atoms with Gasteiger partial charge in [0.15, 0.2) is 0 Å². The molecule has 17 heavy (non-hydrogen) atoms. The molecule has 0 spiro atoms. The molecule has 3 rings (SSSR count). The Morgan fingerprint density at radius 3 is 3.00 bits per heavy atom. The van der Waals surface area contributed by atoms with Crippen LogP contribution in [0.25, 0.3) is 5.82 Å². The summed E-state index contributed by atoms with van der Waals surface area (Å²) in [7, 11) is 0. The number of nitrogens with zero attached hydrogens (tertiary/aromatic N) is 3. The molecule has 1 N–H and O–H groups in total. The highest BCUT2D eigenvalue weighted by molar-refractivity contribution is 9.10. The highest BCUT2D eigenvalue weighted by Gasteiger charge is 2.20. The lowest BCUT2D eigenvalue weighted by molar-refractivity contribution is 0.613. The first-order valence-electron chi connectivity index (χ1n) is 5.72. The number of imidazole rings is 1. The van der Waals surface area contributed by atoms with Crippen LogP contribution in [-0.4, -0.2) is 21.1 Å². The van der Waals surface area contributed by atoms with Gasteiger partial charge in [-0.3, -0.25) is 4.57 Å². The maximum Gasteiger partial charge on any atom is 0.138 e. The predicted octanol–water partition coefficient (Wildman–Crippen LogP) is 2.45. The van der Waals surface area contributed by atoms with Crippen LogP contribution in [-0.2, 0) is 0 Å². The Kier molecular flexibility index (Phi) is 2.94. The minimum Gasteiger partial charge on any atom is -0.309 e. The molecule has 0 saturated carbocycles. The number of hydrogen-bond acceptors (Lipinski definition) is 3. The largest absolute Gasteiger partial charge is 0.309 e. The summed E-state index contributed by atoms with van der Waals surface area (Å²) in [6.45, 7) is 1.09.